The van der Waals surface area contributed by atoms with Gasteiger partial charge in [0.05, 0.1) is 17.5 Å². The number of carbonyl (C=O) groups excluding carboxylic acids is 1. The van der Waals surface area contributed by atoms with Gasteiger partial charge in [-0.05, 0) is 62.1 Å². The highest BCUT2D eigenvalue weighted by Crippen LogP contribution is 2.29. The SMILES string of the molecule is O=C(Nc1ccccc1N1CCCC1)c1ccc(OCC2CCCO2)cc1. The molecular weight excluding hydrogens is 340 g/mol. The summed E-state index contributed by atoms with van der Waals surface area (Å²) in [7, 11) is 0. The number of carbonyl (C=O) groups is 1. The van der Waals surface area contributed by atoms with Gasteiger partial charge in [0, 0.05) is 25.3 Å². The number of para-hydroxylation sites is 2. The molecule has 0 spiro atoms. The average Bonchev–Trinajstić information content (AvgIpc) is 3.41. The van der Waals surface area contributed by atoms with Crippen LogP contribution in [-0.2, 0) is 4.74 Å². The maximum absolute atomic E-state index is 12.7. The number of anilines is 2. The molecule has 0 saturated carbocycles. The van der Waals surface area contributed by atoms with E-state index in [2.05, 4.69) is 16.3 Å². The molecule has 1 atom stereocenters. The second-order valence-electron chi connectivity index (χ2n) is 7.14. The first-order chi connectivity index (χ1) is 13.3. The molecule has 5 nitrogen and oxygen atoms in total. The van der Waals surface area contributed by atoms with E-state index in [0.29, 0.717) is 12.2 Å². The highest BCUT2D eigenvalue weighted by molar-refractivity contribution is 6.06. The van der Waals surface area contributed by atoms with Gasteiger partial charge in [-0.25, -0.2) is 0 Å². The highest BCUT2D eigenvalue weighted by Gasteiger charge is 2.18. The van der Waals surface area contributed by atoms with E-state index < -0.39 is 0 Å². The van der Waals surface area contributed by atoms with E-state index in [4.69, 9.17) is 9.47 Å². The van der Waals surface area contributed by atoms with Gasteiger partial charge in [-0.2, -0.15) is 0 Å². The standard InChI is InChI=1S/C22H26N2O3/c25-22(23-20-7-1-2-8-21(20)24-13-3-4-14-24)17-9-11-18(12-10-17)27-16-19-6-5-15-26-19/h1-2,7-12,19H,3-6,13-16H2,(H,23,25). The first-order valence-electron chi connectivity index (χ1n) is 9.79. The molecule has 2 aromatic carbocycles. The third-order valence-electron chi connectivity index (χ3n) is 5.18. The summed E-state index contributed by atoms with van der Waals surface area (Å²) in [6, 6.07) is 15.3. The Kier molecular flexibility index (Phi) is 5.58. The molecule has 0 bridgehead atoms. The Morgan fingerprint density at radius 1 is 1.07 bits per heavy atom. The molecule has 2 heterocycles. The molecule has 4 rings (SSSR count). The minimum atomic E-state index is -0.104. The molecule has 2 aliphatic rings. The maximum Gasteiger partial charge on any atom is 0.255 e. The van der Waals surface area contributed by atoms with Gasteiger partial charge in [0.25, 0.3) is 5.91 Å². The molecule has 5 heteroatoms. The van der Waals surface area contributed by atoms with Gasteiger partial charge in [-0.1, -0.05) is 12.1 Å². The van der Waals surface area contributed by atoms with Crippen LogP contribution in [0.1, 0.15) is 36.0 Å². The van der Waals surface area contributed by atoms with Crippen molar-refractivity contribution in [1.82, 2.24) is 0 Å². The van der Waals surface area contributed by atoms with Crippen molar-refractivity contribution in [3.63, 3.8) is 0 Å². The van der Waals surface area contributed by atoms with Crippen LogP contribution in [0.3, 0.4) is 0 Å². The van der Waals surface area contributed by atoms with Crippen molar-refractivity contribution >= 4 is 17.3 Å². The average molecular weight is 366 g/mol. The summed E-state index contributed by atoms with van der Waals surface area (Å²) in [5, 5.41) is 3.06. The summed E-state index contributed by atoms with van der Waals surface area (Å²) >= 11 is 0. The normalized spacial score (nSPS) is 19.3. The molecule has 0 aliphatic carbocycles. The minimum Gasteiger partial charge on any atom is -0.491 e. The van der Waals surface area contributed by atoms with Crippen molar-refractivity contribution in [3.8, 4) is 5.75 Å². The molecule has 2 aliphatic heterocycles. The summed E-state index contributed by atoms with van der Waals surface area (Å²) in [6.45, 7) is 3.48. The summed E-state index contributed by atoms with van der Waals surface area (Å²) < 4.78 is 11.3. The zero-order valence-corrected chi connectivity index (χ0v) is 15.5. The van der Waals surface area contributed by atoms with Crippen LogP contribution in [0.15, 0.2) is 48.5 Å². The zero-order valence-electron chi connectivity index (χ0n) is 15.5. The number of nitrogens with zero attached hydrogens (tertiary/aromatic N) is 1. The van der Waals surface area contributed by atoms with Gasteiger partial charge in [0.2, 0.25) is 0 Å². The fraction of sp³-hybridized carbons (Fsp3) is 0.409. The number of ether oxygens (including phenoxy) is 2. The van der Waals surface area contributed by atoms with Gasteiger partial charge >= 0.3 is 0 Å². The molecule has 0 radical (unpaired) electrons. The molecule has 27 heavy (non-hydrogen) atoms. The van der Waals surface area contributed by atoms with Crippen LogP contribution in [0, 0.1) is 0 Å². The van der Waals surface area contributed by atoms with E-state index in [0.717, 1.165) is 49.7 Å². The van der Waals surface area contributed by atoms with Gasteiger partial charge in [0.15, 0.2) is 0 Å². The van der Waals surface area contributed by atoms with Gasteiger partial charge in [0.1, 0.15) is 12.4 Å². The van der Waals surface area contributed by atoms with E-state index in [1.54, 1.807) is 12.1 Å². The van der Waals surface area contributed by atoms with Crippen molar-refractivity contribution < 1.29 is 14.3 Å². The Hall–Kier alpha value is -2.53. The first-order valence-corrected chi connectivity index (χ1v) is 9.79. The van der Waals surface area contributed by atoms with Crippen molar-refractivity contribution in [3.05, 3.63) is 54.1 Å². The fourth-order valence-electron chi connectivity index (χ4n) is 3.68. The number of amides is 1. The molecule has 1 amide bonds. The zero-order chi connectivity index (χ0) is 18.5. The molecule has 2 saturated heterocycles. The van der Waals surface area contributed by atoms with Crippen LogP contribution in [-0.4, -0.2) is 38.3 Å². The van der Waals surface area contributed by atoms with Crippen molar-refractivity contribution in [2.75, 3.05) is 36.5 Å². The van der Waals surface area contributed by atoms with Crippen LogP contribution >= 0.6 is 0 Å². The third-order valence-corrected chi connectivity index (χ3v) is 5.18. The topological polar surface area (TPSA) is 50.8 Å². The Morgan fingerprint density at radius 2 is 1.85 bits per heavy atom. The molecule has 2 fully saturated rings. The Labute approximate surface area is 160 Å². The molecular formula is C22H26N2O3. The maximum atomic E-state index is 12.7. The highest BCUT2D eigenvalue weighted by atomic mass is 16.5. The van der Waals surface area contributed by atoms with E-state index in [1.807, 2.05) is 30.3 Å². The van der Waals surface area contributed by atoms with Crippen LogP contribution in [0.2, 0.25) is 0 Å². The monoisotopic (exact) mass is 366 g/mol. The number of hydrogen-bond acceptors (Lipinski definition) is 4. The lowest BCUT2D eigenvalue weighted by atomic mass is 10.2. The van der Waals surface area contributed by atoms with Crippen LogP contribution in [0.4, 0.5) is 11.4 Å². The van der Waals surface area contributed by atoms with Gasteiger partial charge in [-0.15, -0.1) is 0 Å². The summed E-state index contributed by atoms with van der Waals surface area (Å²) in [5.74, 6) is 0.659. The second kappa shape index (κ2) is 8.44. The van der Waals surface area contributed by atoms with Gasteiger partial charge < -0.3 is 19.7 Å². The Bertz CT molecular complexity index is 763. The predicted octanol–water partition coefficient (Wildman–Crippen LogP) is 4.10. The lowest BCUT2D eigenvalue weighted by Gasteiger charge is -2.21. The molecule has 0 aromatic heterocycles. The summed E-state index contributed by atoms with van der Waals surface area (Å²) in [4.78, 5) is 15.0. The molecule has 142 valence electrons. The second-order valence-corrected chi connectivity index (χ2v) is 7.14. The molecule has 1 N–H and O–H groups in total. The van der Waals surface area contributed by atoms with Crippen LogP contribution in [0.5, 0.6) is 5.75 Å². The van der Waals surface area contributed by atoms with Crippen molar-refractivity contribution in [2.24, 2.45) is 0 Å². The van der Waals surface area contributed by atoms with Crippen LogP contribution in [0.25, 0.3) is 0 Å². The van der Waals surface area contributed by atoms with Crippen molar-refractivity contribution in [2.45, 2.75) is 31.8 Å². The van der Waals surface area contributed by atoms with E-state index in [1.165, 1.54) is 12.8 Å². The third kappa shape index (κ3) is 4.42. The molecule has 1 unspecified atom stereocenters. The summed E-state index contributed by atoms with van der Waals surface area (Å²) in [5.41, 5.74) is 2.58. The fourth-order valence-corrected chi connectivity index (χ4v) is 3.68. The number of hydrogen-bond donors (Lipinski definition) is 1. The van der Waals surface area contributed by atoms with Crippen LogP contribution < -0.4 is 15.0 Å². The molecule has 2 aromatic rings. The Morgan fingerprint density at radius 3 is 2.59 bits per heavy atom. The van der Waals surface area contributed by atoms with E-state index in [9.17, 15) is 4.79 Å². The summed E-state index contributed by atoms with van der Waals surface area (Å²) in [6.07, 6.45) is 4.75. The number of rotatable bonds is 6. The quantitative estimate of drug-likeness (QED) is 0.836. The van der Waals surface area contributed by atoms with Gasteiger partial charge in [-0.3, -0.25) is 4.79 Å². The predicted molar refractivity (Wildman–Crippen MR) is 107 cm³/mol. The lowest BCUT2D eigenvalue weighted by Crippen LogP contribution is -2.21. The minimum absolute atomic E-state index is 0.104. The smallest absolute Gasteiger partial charge is 0.255 e. The first kappa shape index (κ1) is 17.9. The number of benzene rings is 2. The lowest BCUT2D eigenvalue weighted by molar-refractivity contribution is 0.0679. The Balaban J connectivity index is 1.38. The van der Waals surface area contributed by atoms with E-state index >= 15 is 0 Å². The largest absolute Gasteiger partial charge is 0.491 e. The van der Waals surface area contributed by atoms with E-state index in [-0.39, 0.29) is 12.0 Å². The van der Waals surface area contributed by atoms with Crippen molar-refractivity contribution in [1.29, 1.82) is 0 Å². The number of nitrogens with one attached hydrogen (secondary N) is 1.